The van der Waals surface area contributed by atoms with Crippen molar-refractivity contribution in [3.05, 3.63) is 12.2 Å². The van der Waals surface area contributed by atoms with E-state index in [1.54, 1.807) is 0 Å². The molecule has 1 rings (SSSR count). The van der Waals surface area contributed by atoms with E-state index in [-0.39, 0.29) is 32.0 Å². The number of ether oxygens (including phenoxy) is 4. The van der Waals surface area contributed by atoms with Gasteiger partial charge in [-0.25, -0.2) is 0 Å². The molecule has 0 aliphatic carbocycles. The predicted molar refractivity (Wildman–Crippen MR) is 187 cm³/mol. The molecule has 0 aromatic heterocycles. The van der Waals surface area contributed by atoms with Crippen molar-refractivity contribution in [2.75, 3.05) is 19.8 Å². The number of allylic oxidation sites excluding steroid dienone is 2. The maximum absolute atomic E-state index is 12.7. The number of unbranched alkanes of at least 4 members (excludes halogenated alkanes) is 18. The van der Waals surface area contributed by atoms with Gasteiger partial charge in [-0.1, -0.05) is 122 Å². The Kier molecular flexibility index (Phi) is 28.0. The lowest BCUT2D eigenvalue weighted by Crippen LogP contribution is -2.59. The van der Waals surface area contributed by atoms with Crippen molar-refractivity contribution in [1.29, 1.82) is 0 Å². The van der Waals surface area contributed by atoms with Crippen LogP contribution in [0.3, 0.4) is 0 Å². The molecule has 6 atom stereocenters. The normalized spacial score (nSPS) is 21.8. The molecule has 0 bridgehead atoms. The van der Waals surface area contributed by atoms with Crippen molar-refractivity contribution in [1.82, 2.24) is 0 Å². The van der Waals surface area contributed by atoms with E-state index < -0.39 is 49.4 Å². The predicted octanol–water partition coefficient (Wildman–Crippen LogP) is 6.83. The summed E-state index contributed by atoms with van der Waals surface area (Å²) in [6.45, 7) is 3.36. The molecule has 48 heavy (non-hydrogen) atoms. The first-order valence-electron chi connectivity index (χ1n) is 19.3. The molecule has 10 nitrogen and oxygen atoms in total. The summed E-state index contributed by atoms with van der Waals surface area (Å²) >= 11 is 0. The minimum absolute atomic E-state index is 0.217. The molecule has 1 saturated heterocycles. The number of aliphatic hydroxyl groups is 4. The van der Waals surface area contributed by atoms with Crippen LogP contribution >= 0.6 is 0 Å². The number of carbonyl (C=O) groups excluding carboxylic acids is 2. The van der Waals surface area contributed by atoms with Gasteiger partial charge >= 0.3 is 11.9 Å². The van der Waals surface area contributed by atoms with Gasteiger partial charge in [0.25, 0.3) is 0 Å². The van der Waals surface area contributed by atoms with Crippen molar-refractivity contribution in [2.24, 2.45) is 0 Å². The summed E-state index contributed by atoms with van der Waals surface area (Å²) in [5, 5.41) is 39.8. The van der Waals surface area contributed by atoms with Crippen LogP contribution < -0.4 is 0 Å². The average Bonchev–Trinajstić information content (AvgIpc) is 3.08. The largest absolute Gasteiger partial charge is 0.462 e. The lowest BCUT2D eigenvalue weighted by Gasteiger charge is -2.39. The zero-order valence-electron chi connectivity index (χ0n) is 30.2. The first-order chi connectivity index (χ1) is 23.3. The summed E-state index contributed by atoms with van der Waals surface area (Å²) in [6, 6.07) is 0. The van der Waals surface area contributed by atoms with E-state index in [4.69, 9.17) is 18.9 Å². The number of esters is 2. The zero-order valence-corrected chi connectivity index (χ0v) is 30.2. The van der Waals surface area contributed by atoms with E-state index in [0.29, 0.717) is 6.42 Å². The molecular weight excluding hydrogens is 616 g/mol. The molecule has 0 saturated carbocycles. The average molecular weight is 687 g/mol. The second-order valence-electron chi connectivity index (χ2n) is 13.4. The molecule has 1 heterocycles. The van der Waals surface area contributed by atoms with Crippen molar-refractivity contribution < 1.29 is 49.0 Å². The minimum atomic E-state index is -1.59. The zero-order chi connectivity index (χ0) is 35.2. The van der Waals surface area contributed by atoms with Crippen LogP contribution in [-0.2, 0) is 28.5 Å². The van der Waals surface area contributed by atoms with Crippen molar-refractivity contribution in [3.63, 3.8) is 0 Å². The monoisotopic (exact) mass is 686 g/mol. The van der Waals surface area contributed by atoms with Gasteiger partial charge in [-0.3, -0.25) is 9.59 Å². The van der Waals surface area contributed by atoms with E-state index in [1.807, 2.05) is 0 Å². The Labute approximate surface area is 291 Å². The van der Waals surface area contributed by atoms with Crippen molar-refractivity contribution in [3.8, 4) is 0 Å². The summed E-state index contributed by atoms with van der Waals surface area (Å²) in [6.07, 6.45) is 20.9. The third-order valence-electron chi connectivity index (χ3n) is 8.90. The molecule has 0 aromatic rings. The van der Waals surface area contributed by atoms with Gasteiger partial charge in [0.05, 0.1) is 13.2 Å². The van der Waals surface area contributed by atoms with Gasteiger partial charge in [0, 0.05) is 12.8 Å². The van der Waals surface area contributed by atoms with Gasteiger partial charge in [0.2, 0.25) is 0 Å². The van der Waals surface area contributed by atoms with Gasteiger partial charge in [-0.15, -0.1) is 0 Å². The number of carbonyl (C=O) groups is 2. The highest BCUT2D eigenvalue weighted by Crippen LogP contribution is 2.22. The van der Waals surface area contributed by atoms with Crippen LogP contribution in [0.15, 0.2) is 12.2 Å². The molecule has 0 aromatic carbocycles. The second-order valence-corrected chi connectivity index (χ2v) is 13.4. The molecule has 0 amide bonds. The third kappa shape index (κ3) is 22.2. The molecule has 10 heteroatoms. The molecule has 1 aliphatic heterocycles. The minimum Gasteiger partial charge on any atom is -0.462 e. The van der Waals surface area contributed by atoms with Gasteiger partial charge in [-0.05, 0) is 38.5 Å². The number of hydrogen-bond donors (Lipinski definition) is 4. The van der Waals surface area contributed by atoms with Gasteiger partial charge in [0.15, 0.2) is 12.4 Å². The third-order valence-corrected chi connectivity index (χ3v) is 8.90. The fourth-order valence-corrected chi connectivity index (χ4v) is 5.77. The molecule has 4 N–H and O–H groups in total. The molecule has 0 spiro atoms. The van der Waals surface area contributed by atoms with Crippen LogP contribution in [0, 0.1) is 0 Å². The topological polar surface area (TPSA) is 152 Å². The standard InChI is InChI=1S/C38H70O10/c1-3-5-7-9-11-13-14-15-16-17-19-21-23-25-27-34(41)47-31(30-46-38-37(44)36(43)35(42)32(28-39)48-38)29-45-33(40)26-24-22-20-18-12-10-8-6-4-2/h14-15,31-32,35-39,42-44H,3-13,16-30H2,1-2H3/b15-14-. The fraction of sp³-hybridized carbons (Fsp3) is 0.895. The molecule has 0 radical (unpaired) electrons. The van der Waals surface area contributed by atoms with E-state index in [2.05, 4.69) is 26.0 Å². The summed E-state index contributed by atoms with van der Waals surface area (Å²) in [5.41, 5.74) is 0. The van der Waals surface area contributed by atoms with Crippen LogP contribution in [0.4, 0.5) is 0 Å². The molecule has 282 valence electrons. The highest BCUT2D eigenvalue weighted by molar-refractivity contribution is 5.70. The Morgan fingerprint density at radius 1 is 0.625 bits per heavy atom. The lowest BCUT2D eigenvalue weighted by molar-refractivity contribution is -0.305. The molecule has 1 aliphatic rings. The van der Waals surface area contributed by atoms with Crippen LogP contribution in [0.2, 0.25) is 0 Å². The maximum Gasteiger partial charge on any atom is 0.306 e. The van der Waals surface area contributed by atoms with Crippen LogP contribution in [0.25, 0.3) is 0 Å². The Bertz CT molecular complexity index is 804. The summed E-state index contributed by atoms with van der Waals surface area (Å²) in [5.74, 6) is -0.817. The number of aliphatic hydroxyl groups excluding tert-OH is 4. The van der Waals surface area contributed by atoms with Crippen molar-refractivity contribution >= 4 is 11.9 Å². The smallest absolute Gasteiger partial charge is 0.306 e. The number of hydrogen-bond acceptors (Lipinski definition) is 10. The lowest BCUT2D eigenvalue weighted by atomic mass is 9.99. The Hall–Kier alpha value is -1.56. The molecular formula is C38H70O10. The Morgan fingerprint density at radius 2 is 1.10 bits per heavy atom. The molecule has 1 fully saturated rings. The van der Waals surface area contributed by atoms with E-state index in [0.717, 1.165) is 51.4 Å². The summed E-state index contributed by atoms with van der Waals surface area (Å²) in [7, 11) is 0. The van der Waals surface area contributed by atoms with Gasteiger partial charge in [0.1, 0.15) is 31.0 Å². The van der Waals surface area contributed by atoms with E-state index in [1.165, 1.54) is 77.0 Å². The van der Waals surface area contributed by atoms with E-state index in [9.17, 15) is 30.0 Å². The SMILES string of the molecule is CCCCCCC/C=C\CCCCCCCC(=O)OC(COC(=O)CCCCCCCCCCC)COC1OC(CO)C(O)C(O)C1O. The quantitative estimate of drug-likeness (QED) is 0.0347. The van der Waals surface area contributed by atoms with E-state index >= 15 is 0 Å². The Balaban J connectivity index is 2.40. The highest BCUT2D eigenvalue weighted by Gasteiger charge is 2.44. The molecule has 6 unspecified atom stereocenters. The van der Waals surface area contributed by atoms with Crippen LogP contribution in [0.5, 0.6) is 0 Å². The van der Waals surface area contributed by atoms with Crippen LogP contribution in [0.1, 0.15) is 162 Å². The Morgan fingerprint density at radius 3 is 1.62 bits per heavy atom. The number of rotatable bonds is 31. The van der Waals surface area contributed by atoms with Crippen molar-refractivity contribution in [2.45, 2.75) is 198 Å². The first kappa shape index (κ1) is 44.5. The summed E-state index contributed by atoms with van der Waals surface area (Å²) < 4.78 is 22.0. The summed E-state index contributed by atoms with van der Waals surface area (Å²) in [4.78, 5) is 25.1. The second kappa shape index (κ2) is 30.3. The first-order valence-corrected chi connectivity index (χ1v) is 19.3. The highest BCUT2D eigenvalue weighted by atomic mass is 16.7. The van der Waals surface area contributed by atoms with Gasteiger partial charge in [-0.2, -0.15) is 0 Å². The maximum atomic E-state index is 12.7. The fourth-order valence-electron chi connectivity index (χ4n) is 5.77. The van der Waals surface area contributed by atoms with Crippen LogP contribution in [-0.4, -0.2) is 89.0 Å². The van der Waals surface area contributed by atoms with Gasteiger partial charge < -0.3 is 39.4 Å².